The number of nitrogens with zero attached hydrogens (tertiary/aromatic N) is 4. The number of hydrogen-bond acceptors (Lipinski definition) is 7. The van der Waals surface area contributed by atoms with Gasteiger partial charge in [-0.15, -0.1) is 11.3 Å². The third-order valence-electron chi connectivity index (χ3n) is 5.08. The lowest BCUT2D eigenvalue weighted by Crippen LogP contribution is -2.26. The minimum Gasteiger partial charge on any atom is -0.325 e. The molecule has 0 aliphatic heterocycles. The molecule has 3 aromatic heterocycles. The van der Waals surface area contributed by atoms with Gasteiger partial charge in [0, 0.05) is 22.7 Å². The van der Waals surface area contributed by atoms with Gasteiger partial charge in [-0.2, -0.15) is 5.10 Å². The van der Waals surface area contributed by atoms with E-state index in [0.29, 0.717) is 46.2 Å². The first-order valence-electron chi connectivity index (χ1n) is 10.4. The van der Waals surface area contributed by atoms with E-state index in [9.17, 15) is 14.4 Å². The van der Waals surface area contributed by atoms with Gasteiger partial charge >= 0.3 is 0 Å². The molecular formula is C23H23N5O3S2. The monoisotopic (exact) mass is 481 g/mol. The first-order chi connectivity index (χ1) is 15.9. The number of thioether (sulfide) groups is 1. The van der Waals surface area contributed by atoms with E-state index >= 15 is 0 Å². The van der Waals surface area contributed by atoms with Gasteiger partial charge in [0.05, 0.1) is 18.0 Å². The van der Waals surface area contributed by atoms with Gasteiger partial charge in [0.15, 0.2) is 16.5 Å². The van der Waals surface area contributed by atoms with Crippen molar-refractivity contribution in [3.05, 3.63) is 68.3 Å². The molecule has 1 aromatic carbocycles. The first-order valence-corrected chi connectivity index (χ1v) is 12.3. The van der Waals surface area contributed by atoms with Crippen molar-refractivity contribution in [1.29, 1.82) is 0 Å². The van der Waals surface area contributed by atoms with Crippen LogP contribution in [0.3, 0.4) is 0 Å². The molecule has 4 aromatic rings. The number of thiophene rings is 1. The summed E-state index contributed by atoms with van der Waals surface area (Å²) in [4.78, 5) is 43.2. The zero-order valence-electron chi connectivity index (χ0n) is 18.5. The van der Waals surface area contributed by atoms with Crippen LogP contribution in [-0.2, 0) is 17.9 Å². The zero-order chi connectivity index (χ0) is 23.5. The Kier molecular flexibility index (Phi) is 6.75. The molecule has 0 saturated carbocycles. The van der Waals surface area contributed by atoms with Gasteiger partial charge in [-0.05, 0) is 56.5 Å². The van der Waals surface area contributed by atoms with Crippen LogP contribution in [0.15, 0.2) is 51.7 Å². The van der Waals surface area contributed by atoms with Crippen molar-refractivity contribution in [1.82, 2.24) is 19.3 Å². The van der Waals surface area contributed by atoms with Crippen LogP contribution in [0, 0.1) is 6.92 Å². The molecule has 0 radical (unpaired) electrons. The van der Waals surface area contributed by atoms with E-state index in [-0.39, 0.29) is 23.0 Å². The number of aromatic nitrogens is 4. The van der Waals surface area contributed by atoms with Gasteiger partial charge in [0.2, 0.25) is 5.91 Å². The second kappa shape index (κ2) is 9.72. The van der Waals surface area contributed by atoms with Gasteiger partial charge in [0.1, 0.15) is 5.52 Å². The van der Waals surface area contributed by atoms with E-state index < -0.39 is 0 Å². The fourth-order valence-corrected chi connectivity index (χ4v) is 4.92. The number of nitrogens with one attached hydrogen (secondary N) is 1. The number of Topliss-reactive ketones (excluding diaryl/α,β-unsaturated/α-hetero) is 1. The number of rotatable bonds is 8. The molecule has 0 aliphatic rings. The number of anilines is 1. The SMILES string of the molecule is CCn1nc(C)c2nc(SCC(=O)Nc3ccc(C(C)=O)cc3)n(Cc3cccs3)c(=O)c21. The molecule has 0 saturated heterocycles. The standard InChI is InChI=1S/C23H23N5O3S2/c1-4-28-21-20(14(2)26-28)25-23(27(22(21)31)12-18-6-5-11-32-18)33-13-19(30)24-17-9-7-16(8-10-17)15(3)29/h5-11H,4,12-13H2,1-3H3,(H,24,30). The van der Waals surface area contributed by atoms with E-state index in [1.165, 1.54) is 18.7 Å². The van der Waals surface area contributed by atoms with Gasteiger partial charge in [-0.1, -0.05) is 17.8 Å². The van der Waals surface area contributed by atoms with Crippen LogP contribution in [0.1, 0.15) is 34.8 Å². The summed E-state index contributed by atoms with van der Waals surface area (Å²) < 4.78 is 3.29. The van der Waals surface area contributed by atoms with Crippen LogP contribution >= 0.6 is 23.1 Å². The zero-order valence-corrected chi connectivity index (χ0v) is 20.1. The van der Waals surface area contributed by atoms with Crippen molar-refractivity contribution in [2.24, 2.45) is 0 Å². The summed E-state index contributed by atoms with van der Waals surface area (Å²) in [5, 5.41) is 9.71. The predicted molar refractivity (Wildman–Crippen MR) is 131 cm³/mol. The smallest absolute Gasteiger partial charge is 0.280 e. The van der Waals surface area contributed by atoms with Gasteiger partial charge in [-0.3, -0.25) is 23.6 Å². The molecule has 1 N–H and O–H groups in total. The second-order valence-corrected chi connectivity index (χ2v) is 9.41. The number of carbonyl (C=O) groups excluding carboxylic acids is 2. The molecule has 3 heterocycles. The summed E-state index contributed by atoms with van der Waals surface area (Å²) in [6.45, 7) is 6.21. The molecule has 0 spiro atoms. The van der Waals surface area contributed by atoms with E-state index in [4.69, 9.17) is 4.98 Å². The maximum absolute atomic E-state index is 13.4. The average molecular weight is 482 g/mol. The maximum Gasteiger partial charge on any atom is 0.280 e. The Morgan fingerprint density at radius 3 is 2.58 bits per heavy atom. The second-order valence-electron chi connectivity index (χ2n) is 7.43. The lowest BCUT2D eigenvalue weighted by molar-refractivity contribution is -0.113. The van der Waals surface area contributed by atoms with E-state index in [1.54, 1.807) is 44.9 Å². The van der Waals surface area contributed by atoms with Crippen LogP contribution in [0.2, 0.25) is 0 Å². The highest BCUT2D eigenvalue weighted by Crippen LogP contribution is 2.22. The Morgan fingerprint density at radius 2 is 1.94 bits per heavy atom. The van der Waals surface area contributed by atoms with Crippen LogP contribution in [0.4, 0.5) is 5.69 Å². The van der Waals surface area contributed by atoms with E-state index in [1.807, 2.05) is 31.4 Å². The Morgan fingerprint density at radius 1 is 1.18 bits per heavy atom. The van der Waals surface area contributed by atoms with Crippen molar-refractivity contribution in [3.63, 3.8) is 0 Å². The Bertz CT molecular complexity index is 1370. The summed E-state index contributed by atoms with van der Waals surface area (Å²) in [5.74, 6) is -0.179. The molecule has 8 nitrogen and oxygen atoms in total. The Balaban J connectivity index is 1.60. The molecule has 0 atom stereocenters. The highest BCUT2D eigenvalue weighted by atomic mass is 32.2. The molecule has 170 valence electrons. The van der Waals surface area contributed by atoms with Gasteiger partial charge in [0.25, 0.3) is 5.56 Å². The van der Waals surface area contributed by atoms with Crippen LogP contribution in [0.5, 0.6) is 0 Å². The third kappa shape index (κ3) is 4.91. The molecule has 1 amide bonds. The number of carbonyl (C=O) groups is 2. The number of ketones is 1. The van der Waals surface area contributed by atoms with Crippen molar-refractivity contribution < 1.29 is 9.59 Å². The highest BCUT2D eigenvalue weighted by Gasteiger charge is 2.19. The average Bonchev–Trinajstić information content (AvgIpc) is 3.42. The summed E-state index contributed by atoms with van der Waals surface area (Å²) in [6, 6.07) is 10.6. The summed E-state index contributed by atoms with van der Waals surface area (Å²) >= 11 is 2.77. The van der Waals surface area contributed by atoms with Crippen molar-refractivity contribution >= 4 is 51.5 Å². The summed E-state index contributed by atoms with van der Waals surface area (Å²) in [7, 11) is 0. The summed E-state index contributed by atoms with van der Waals surface area (Å²) in [5.41, 5.74) is 2.74. The van der Waals surface area contributed by atoms with Crippen LogP contribution in [0.25, 0.3) is 11.0 Å². The topological polar surface area (TPSA) is 98.9 Å². The van der Waals surface area contributed by atoms with Gasteiger partial charge in [-0.25, -0.2) is 4.98 Å². The predicted octanol–water partition coefficient (Wildman–Crippen LogP) is 3.96. The van der Waals surface area contributed by atoms with E-state index in [2.05, 4.69) is 10.4 Å². The summed E-state index contributed by atoms with van der Waals surface area (Å²) in [6.07, 6.45) is 0. The quantitative estimate of drug-likeness (QED) is 0.232. The molecule has 0 fully saturated rings. The molecule has 0 aliphatic carbocycles. The van der Waals surface area contributed by atoms with E-state index in [0.717, 1.165) is 4.88 Å². The maximum atomic E-state index is 13.4. The molecule has 33 heavy (non-hydrogen) atoms. The number of hydrogen-bond donors (Lipinski definition) is 1. The van der Waals surface area contributed by atoms with Crippen LogP contribution in [-0.4, -0.2) is 36.8 Å². The molecule has 10 heteroatoms. The molecule has 4 rings (SSSR count). The number of amides is 1. The minimum atomic E-state index is -0.228. The van der Waals surface area contributed by atoms with Gasteiger partial charge < -0.3 is 5.32 Å². The number of fused-ring (bicyclic) bond motifs is 1. The van der Waals surface area contributed by atoms with Crippen molar-refractivity contribution in [2.45, 2.75) is 39.0 Å². The molecular weight excluding hydrogens is 458 g/mol. The molecule has 0 unspecified atom stereocenters. The normalized spacial score (nSPS) is 11.1. The fourth-order valence-electron chi connectivity index (χ4n) is 3.44. The fraction of sp³-hybridized carbons (Fsp3) is 0.261. The van der Waals surface area contributed by atoms with Crippen molar-refractivity contribution in [3.8, 4) is 0 Å². The lowest BCUT2D eigenvalue weighted by Gasteiger charge is -2.12. The van der Waals surface area contributed by atoms with Crippen molar-refractivity contribution in [2.75, 3.05) is 11.1 Å². The number of aryl methyl sites for hydroxylation is 2. The van der Waals surface area contributed by atoms with Crippen LogP contribution < -0.4 is 10.9 Å². The lowest BCUT2D eigenvalue weighted by atomic mass is 10.1. The first kappa shape index (κ1) is 22.9. The minimum absolute atomic E-state index is 0.0321. The number of benzene rings is 1. The Labute approximate surface area is 198 Å². The third-order valence-corrected chi connectivity index (χ3v) is 6.92. The Hall–Kier alpha value is -3.24. The molecule has 0 bridgehead atoms. The largest absolute Gasteiger partial charge is 0.325 e. The highest BCUT2D eigenvalue weighted by molar-refractivity contribution is 7.99.